The summed E-state index contributed by atoms with van der Waals surface area (Å²) < 4.78 is 0. The van der Waals surface area contributed by atoms with Crippen LogP contribution in [0.4, 0.5) is 0 Å². The van der Waals surface area contributed by atoms with Gasteiger partial charge in [-0.15, -0.1) is 0 Å². The lowest BCUT2D eigenvalue weighted by molar-refractivity contribution is -0.122. The molecule has 0 saturated carbocycles. The van der Waals surface area contributed by atoms with E-state index in [1.807, 2.05) is 6.92 Å². The molecule has 84 valence electrons. The summed E-state index contributed by atoms with van der Waals surface area (Å²) >= 11 is 0. The van der Waals surface area contributed by atoms with Crippen LogP contribution in [0.5, 0.6) is 0 Å². The number of nitrogens with two attached hydrogens (primary N) is 1. The zero-order valence-electron chi connectivity index (χ0n) is 9.89. The average Bonchev–Trinajstić information content (AvgIpc) is 2.15. The maximum atomic E-state index is 11.5. The Hall–Kier alpha value is -0.570. The molecule has 14 heavy (non-hydrogen) atoms. The maximum Gasteiger partial charge on any atom is 0.236 e. The smallest absolute Gasteiger partial charge is 0.236 e. The molecule has 3 heteroatoms. The molecular weight excluding hydrogens is 176 g/mol. The van der Waals surface area contributed by atoms with Crippen LogP contribution in [0, 0.1) is 5.41 Å². The predicted molar refractivity (Wildman–Crippen MR) is 60.0 cm³/mol. The van der Waals surface area contributed by atoms with E-state index < -0.39 is 0 Å². The van der Waals surface area contributed by atoms with Crippen molar-refractivity contribution in [2.75, 3.05) is 6.54 Å². The largest absolute Gasteiger partial charge is 0.354 e. The van der Waals surface area contributed by atoms with Crippen LogP contribution in [0.15, 0.2) is 0 Å². The Morgan fingerprint density at radius 2 is 2.00 bits per heavy atom. The van der Waals surface area contributed by atoms with E-state index >= 15 is 0 Å². The Kier molecular flexibility index (Phi) is 5.77. The number of nitrogens with one attached hydrogen (secondary N) is 1. The predicted octanol–water partition coefficient (Wildman–Crippen LogP) is 1.67. The van der Waals surface area contributed by atoms with Crippen molar-refractivity contribution in [3.63, 3.8) is 0 Å². The highest BCUT2D eigenvalue weighted by Crippen LogP contribution is 2.17. The van der Waals surface area contributed by atoms with Gasteiger partial charge in [0.25, 0.3) is 0 Å². The zero-order valence-corrected chi connectivity index (χ0v) is 9.89. The maximum absolute atomic E-state index is 11.5. The molecule has 0 bridgehead atoms. The van der Waals surface area contributed by atoms with Gasteiger partial charge in [0.2, 0.25) is 5.91 Å². The first kappa shape index (κ1) is 13.4. The molecule has 0 fully saturated rings. The van der Waals surface area contributed by atoms with E-state index in [4.69, 9.17) is 5.73 Å². The number of carbonyl (C=O) groups is 1. The Labute approximate surface area is 87.4 Å². The molecule has 1 amide bonds. The van der Waals surface area contributed by atoms with Crippen molar-refractivity contribution >= 4 is 5.91 Å². The standard InChI is InChI=1S/C11H24N2O/c1-5-7-9(12)10(14)13-8-11(3,4)6-2/h9H,5-8,12H2,1-4H3,(H,13,14)/t9-/m0/s1. The van der Waals surface area contributed by atoms with Crippen molar-refractivity contribution < 1.29 is 4.79 Å². The fraction of sp³-hybridized carbons (Fsp3) is 0.909. The molecule has 0 aromatic rings. The first-order valence-corrected chi connectivity index (χ1v) is 5.46. The first-order chi connectivity index (χ1) is 6.43. The van der Waals surface area contributed by atoms with Gasteiger partial charge in [-0.2, -0.15) is 0 Å². The van der Waals surface area contributed by atoms with Gasteiger partial charge >= 0.3 is 0 Å². The summed E-state index contributed by atoms with van der Waals surface area (Å²) in [6.45, 7) is 9.14. The van der Waals surface area contributed by atoms with Crippen LogP contribution in [0.2, 0.25) is 0 Å². The Bertz CT molecular complexity index is 178. The van der Waals surface area contributed by atoms with Gasteiger partial charge in [0, 0.05) is 6.54 Å². The summed E-state index contributed by atoms with van der Waals surface area (Å²) in [4.78, 5) is 11.5. The van der Waals surface area contributed by atoms with Gasteiger partial charge in [-0.3, -0.25) is 4.79 Å². The monoisotopic (exact) mass is 200 g/mol. The van der Waals surface area contributed by atoms with Gasteiger partial charge in [-0.05, 0) is 18.3 Å². The lowest BCUT2D eigenvalue weighted by Gasteiger charge is -2.23. The van der Waals surface area contributed by atoms with Gasteiger partial charge in [0.05, 0.1) is 6.04 Å². The molecule has 0 aromatic carbocycles. The lowest BCUT2D eigenvalue weighted by atomic mass is 9.90. The van der Waals surface area contributed by atoms with Crippen LogP contribution >= 0.6 is 0 Å². The van der Waals surface area contributed by atoms with E-state index in [9.17, 15) is 4.79 Å². The van der Waals surface area contributed by atoms with Gasteiger partial charge in [-0.1, -0.05) is 34.1 Å². The Morgan fingerprint density at radius 3 is 2.43 bits per heavy atom. The topological polar surface area (TPSA) is 55.1 Å². The summed E-state index contributed by atoms with van der Waals surface area (Å²) in [7, 11) is 0. The van der Waals surface area contributed by atoms with Crippen LogP contribution in [-0.4, -0.2) is 18.5 Å². The van der Waals surface area contributed by atoms with Crippen LogP contribution in [0.1, 0.15) is 47.0 Å². The second kappa shape index (κ2) is 6.02. The number of rotatable bonds is 6. The van der Waals surface area contributed by atoms with Crippen LogP contribution in [0.3, 0.4) is 0 Å². The molecule has 0 radical (unpaired) electrons. The first-order valence-electron chi connectivity index (χ1n) is 5.46. The molecule has 0 aliphatic rings. The zero-order chi connectivity index (χ0) is 11.2. The van der Waals surface area contributed by atoms with Gasteiger partial charge in [-0.25, -0.2) is 0 Å². The molecule has 0 unspecified atom stereocenters. The summed E-state index contributed by atoms with van der Waals surface area (Å²) in [6.07, 6.45) is 2.76. The van der Waals surface area contributed by atoms with Gasteiger partial charge < -0.3 is 11.1 Å². The minimum absolute atomic E-state index is 0.0200. The van der Waals surface area contributed by atoms with Crippen LogP contribution < -0.4 is 11.1 Å². The van der Waals surface area contributed by atoms with Crippen molar-refractivity contribution in [1.82, 2.24) is 5.32 Å². The van der Waals surface area contributed by atoms with Crippen molar-refractivity contribution in [2.45, 2.75) is 53.0 Å². The van der Waals surface area contributed by atoms with Crippen molar-refractivity contribution in [1.29, 1.82) is 0 Å². The van der Waals surface area contributed by atoms with Gasteiger partial charge in [0.15, 0.2) is 0 Å². The van der Waals surface area contributed by atoms with E-state index in [2.05, 4.69) is 26.1 Å². The molecule has 0 aliphatic heterocycles. The van der Waals surface area contributed by atoms with Crippen molar-refractivity contribution in [3.05, 3.63) is 0 Å². The molecular formula is C11H24N2O. The normalized spacial score (nSPS) is 13.8. The third kappa shape index (κ3) is 5.22. The molecule has 0 aromatic heterocycles. The van der Waals surface area contributed by atoms with E-state index in [-0.39, 0.29) is 17.4 Å². The van der Waals surface area contributed by atoms with Gasteiger partial charge in [0.1, 0.15) is 0 Å². The second-order valence-corrected chi connectivity index (χ2v) is 4.63. The summed E-state index contributed by atoms with van der Waals surface area (Å²) in [5.41, 5.74) is 5.85. The van der Waals surface area contributed by atoms with E-state index in [0.29, 0.717) is 6.54 Å². The minimum atomic E-state index is -0.340. The Balaban J connectivity index is 3.84. The van der Waals surface area contributed by atoms with E-state index in [0.717, 1.165) is 19.3 Å². The van der Waals surface area contributed by atoms with Crippen LogP contribution in [-0.2, 0) is 4.79 Å². The highest BCUT2D eigenvalue weighted by atomic mass is 16.2. The summed E-state index contributed by atoms with van der Waals surface area (Å²) in [6, 6.07) is -0.340. The van der Waals surface area contributed by atoms with E-state index in [1.54, 1.807) is 0 Å². The minimum Gasteiger partial charge on any atom is -0.354 e. The molecule has 0 heterocycles. The van der Waals surface area contributed by atoms with Crippen molar-refractivity contribution in [3.8, 4) is 0 Å². The molecule has 0 spiro atoms. The number of carbonyl (C=O) groups excluding carboxylic acids is 1. The third-order valence-electron chi connectivity index (χ3n) is 2.63. The summed E-state index contributed by atoms with van der Waals surface area (Å²) in [5.74, 6) is -0.0200. The average molecular weight is 200 g/mol. The molecule has 0 rings (SSSR count). The Morgan fingerprint density at radius 1 is 1.43 bits per heavy atom. The highest BCUT2D eigenvalue weighted by molar-refractivity contribution is 5.81. The molecule has 0 saturated heterocycles. The molecule has 3 nitrogen and oxygen atoms in total. The number of amides is 1. The van der Waals surface area contributed by atoms with E-state index in [1.165, 1.54) is 0 Å². The number of hydrogen-bond acceptors (Lipinski definition) is 2. The van der Waals surface area contributed by atoms with Crippen LogP contribution in [0.25, 0.3) is 0 Å². The second-order valence-electron chi connectivity index (χ2n) is 4.63. The molecule has 3 N–H and O–H groups in total. The lowest BCUT2D eigenvalue weighted by Crippen LogP contribution is -2.43. The fourth-order valence-corrected chi connectivity index (χ4v) is 1.02. The third-order valence-corrected chi connectivity index (χ3v) is 2.63. The molecule has 0 aliphatic carbocycles. The molecule has 1 atom stereocenters. The SMILES string of the molecule is CCC[C@H](N)C(=O)NCC(C)(C)CC. The summed E-state index contributed by atoms with van der Waals surface area (Å²) in [5, 5.41) is 2.89. The number of hydrogen-bond donors (Lipinski definition) is 2. The fourth-order valence-electron chi connectivity index (χ4n) is 1.02. The highest BCUT2D eigenvalue weighted by Gasteiger charge is 2.18. The quantitative estimate of drug-likeness (QED) is 0.685. The van der Waals surface area contributed by atoms with Crippen molar-refractivity contribution in [2.24, 2.45) is 11.1 Å².